The minimum absolute atomic E-state index is 0.336. The molecule has 0 saturated carbocycles. The van der Waals surface area contributed by atoms with Crippen LogP contribution in [-0.2, 0) is 6.42 Å². The van der Waals surface area contributed by atoms with E-state index in [0.717, 1.165) is 5.69 Å². The number of aromatic amines is 2. The van der Waals surface area contributed by atoms with E-state index in [4.69, 9.17) is 10.3 Å². The third-order valence-electron chi connectivity index (χ3n) is 2.38. The molecule has 0 aliphatic heterocycles. The highest BCUT2D eigenvalue weighted by Crippen LogP contribution is 2.16. The predicted molar refractivity (Wildman–Crippen MR) is 58.9 cm³/mol. The van der Waals surface area contributed by atoms with Crippen LogP contribution in [0.25, 0.3) is 11.6 Å². The number of nitrogens with one attached hydrogen (secondary N) is 2. The summed E-state index contributed by atoms with van der Waals surface area (Å²) >= 11 is 0. The molecule has 0 unspecified atom stereocenters. The lowest BCUT2D eigenvalue weighted by molar-refractivity contribution is 0.353. The Hall–Kier alpha value is -2.55. The topological polar surface area (TPSA) is 135 Å². The van der Waals surface area contributed by atoms with Gasteiger partial charge in [-0.2, -0.15) is 10.1 Å². The summed E-state index contributed by atoms with van der Waals surface area (Å²) in [6.07, 6.45) is 5.21. The lowest BCUT2D eigenvalue weighted by atomic mass is 10.2. The first-order valence-corrected chi connectivity index (χ1v) is 5.25. The molecule has 0 aromatic carbocycles. The van der Waals surface area contributed by atoms with Gasteiger partial charge in [0, 0.05) is 18.3 Å². The van der Waals surface area contributed by atoms with Gasteiger partial charge in [-0.3, -0.25) is 5.10 Å². The van der Waals surface area contributed by atoms with Gasteiger partial charge in [-0.25, -0.2) is 9.97 Å². The molecule has 3 aromatic rings. The Morgan fingerprint density at radius 2 is 2.39 bits per heavy atom. The molecule has 0 aliphatic rings. The van der Waals surface area contributed by atoms with Gasteiger partial charge in [0.25, 0.3) is 0 Å². The van der Waals surface area contributed by atoms with E-state index < -0.39 is 6.04 Å². The van der Waals surface area contributed by atoms with E-state index in [-0.39, 0.29) is 0 Å². The monoisotopic (exact) mass is 246 g/mol. The Balaban J connectivity index is 1.77. The number of aromatic nitrogens is 7. The molecule has 4 N–H and O–H groups in total. The van der Waals surface area contributed by atoms with Crippen LogP contribution in [0.1, 0.15) is 17.6 Å². The zero-order valence-electron chi connectivity index (χ0n) is 9.24. The SMILES string of the molecule is N[C@H](Cc1cnc[nH]1)c1nc(-c2ncn[nH]2)no1. The number of rotatable bonds is 4. The summed E-state index contributed by atoms with van der Waals surface area (Å²) in [4.78, 5) is 15.0. The van der Waals surface area contributed by atoms with Gasteiger partial charge in [0.05, 0.1) is 12.4 Å². The Kier molecular flexibility index (Phi) is 2.57. The van der Waals surface area contributed by atoms with Crippen molar-refractivity contribution in [2.24, 2.45) is 5.73 Å². The second kappa shape index (κ2) is 4.37. The number of hydrogen-bond donors (Lipinski definition) is 3. The van der Waals surface area contributed by atoms with Crippen LogP contribution in [-0.4, -0.2) is 35.3 Å². The second-order valence-corrected chi connectivity index (χ2v) is 3.68. The van der Waals surface area contributed by atoms with Crippen molar-refractivity contribution in [1.29, 1.82) is 0 Å². The Bertz CT molecular complexity index is 598. The Morgan fingerprint density at radius 3 is 3.11 bits per heavy atom. The largest absolute Gasteiger partial charge is 0.348 e. The van der Waals surface area contributed by atoms with Crippen LogP contribution in [0.3, 0.4) is 0 Å². The zero-order chi connectivity index (χ0) is 12.4. The van der Waals surface area contributed by atoms with E-state index in [1.54, 1.807) is 12.5 Å². The van der Waals surface area contributed by atoms with Gasteiger partial charge < -0.3 is 15.2 Å². The molecule has 0 radical (unpaired) electrons. The number of H-pyrrole nitrogens is 2. The van der Waals surface area contributed by atoms with E-state index >= 15 is 0 Å². The van der Waals surface area contributed by atoms with Crippen molar-refractivity contribution in [2.45, 2.75) is 12.5 Å². The summed E-state index contributed by atoms with van der Waals surface area (Å²) in [6.45, 7) is 0. The summed E-state index contributed by atoms with van der Waals surface area (Å²) in [5.74, 6) is 1.12. The molecule has 0 saturated heterocycles. The van der Waals surface area contributed by atoms with Crippen LogP contribution >= 0.6 is 0 Å². The fourth-order valence-electron chi connectivity index (χ4n) is 1.52. The normalized spacial score (nSPS) is 12.7. The quantitative estimate of drug-likeness (QED) is 0.581. The van der Waals surface area contributed by atoms with E-state index in [2.05, 4.69) is 35.3 Å². The maximum absolute atomic E-state index is 5.96. The number of hydrogen-bond acceptors (Lipinski definition) is 7. The molecule has 3 aromatic heterocycles. The van der Waals surface area contributed by atoms with Gasteiger partial charge in [-0.1, -0.05) is 5.16 Å². The molecule has 18 heavy (non-hydrogen) atoms. The molecule has 92 valence electrons. The van der Waals surface area contributed by atoms with E-state index in [0.29, 0.717) is 24.0 Å². The minimum atomic E-state index is -0.394. The molecule has 3 heterocycles. The Labute approximate surface area is 101 Å². The summed E-state index contributed by atoms with van der Waals surface area (Å²) in [7, 11) is 0. The van der Waals surface area contributed by atoms with Crippen LogP contribution < -0.4 is 5.73 Å². The number of nitrogens with two attached hydrogens (primary N) is 1. The lowest BCUT2D eigenvalue weighted by Crippen LogP contribution is -2.14. The van der Waals surface area contributed by atoms with Gasteiger partial charge >= 0.3 is 0 Å². The first-order chi connectivity index (χ1) is 8.83. The van der Waals surface area contributed by atoms with Crippen molar-refractivity contribution in [3.63, 3.8) is 0 Å². The Morgan fingerprint density at radius 1 is 1.44 bits per heavy atom. The second-order valence-electron chi connectivity index (χ2n) is 3.68. The van der Waals surface area contributed by atoms with Crippen LogP contribution in [0, 0.1) is 0 Å². The molecule has 0 amide bonds. The molecule has 0 aliphatic carbocycles. The lowest BCUT2D eigenvalue weighted by Gasteiger charge is -2.03. The third kappa shape index (κ3) is 1.98. The molecule has 9 nitrogen and oxygen atoms in total. The van der Waals surface area contributed by atoms with Crippen LogP contribution in [0.2, 0.25) is 0 Å². The minimum Gasteiger partial charge on any atom is -0.348 e. The highest BCUT2D eigenvalue weighted by Gasteiger charge is 2.17. The zero-order valence-corrected chi connectivity index (χ0v) is 9.24. The van der Waals surface area contributed by atoms with Crippen molar-refractivity contribution in [3.05, 3.63) is 30.4 Å². The van der Waals surface area contributed by atoms with Gasteiger partial charge in [0.15, 0.2) is 5.82 Å². The summed E-state index contributed by atoms with van der Waals surface area (Å²) in [5, 5.41) is 10.1. The fourth-order valence-corrected chi connectivity index (χ4v) is 1.52. The number of nitrogens with zero attached hydrogens (tertiary/aromatic N) is 5. The van der Waals surface area contributed by atoms with Gasteiger partial charge in [0.2, 0.25) is 11.7 Å². The smallest absolute Gasteiger partial charge is 0.244 e. The molecular formula is C9H10N8O. The van der Waals surface area contributed by atoms with Crippen LogP contribution in [0.4, 0.5) is 0 Å². The first kappa shape index (κ1) is 10.6. The summed E-state index contributed by atoms with van der Waals surface area (Å²) in [5.41, 5.74) is 6.87. The van der Waals surface area contributed by atoms with E-state index in [1.807, 2.05) is 0 Å². The van der Waals surface area contributed by atoms with Gasteiger partial charge in [-0.05, 0) is 0 Å². The fraction of sp³-hybridized carbons (Fsp3) is 0.222. The van der Waals surface area contributed by atoms with Crippen molar-refractivity contribution < 1.29 is 4.52 Å². The van der Waals surface area contributed by atoms with Crippen LogP contribution in [0.15, 0.2) is 23.4 Å². The van der Waals surface area contributed by atoms with Crippen molar-refractivity contribution in [1.82, 2.24) is 35.3 Å². The summed E-state index contributed by atoms with van der Waals surface area (Å²) in [6, 6.07) is -0.394. The standard InChI is InChI=1S/C9H10N8O/c10-6(1-5-2-11-3-12-5)9-15-8(17-18-9)7-13-4-14-16-7/h2-4,6H,1,10H2,(H,11,12)(H,13,14,16)/t6-/m1/s1. The molecule has 9 heteroatoms. The van der Waals surface area contributed by atoms with Crippen molar-refractivity contribution in [2.75, 3.05) is 0 Å². The average Bonchev–Trinajstić information content (AvgIpc) is 3.11. The average molecular weight is 246 g/mol. The molecule has 3 rings (SSSR count). The molecular weight excluding hydrogens is 236 g/mol. The first-order valence-electron chi connectivity index (χ1n) is 5.25. The highest BCUT2D eigenvalue weighted by atomic mass is 16.5. The third-order valence-corrected chi connectivity index (χ3v) is 2.38. The van der Waals surface area contributed by atoms with Gasteiger partial charge in [0.1, 0.15) is 6.33 Å². The number of imidazole rings is 1. The van der Waals surface area contributed by atoms with Crippen LogP contribution in [0.5, 0.6) is 0 Å². The van der Waals surface area contributed by atoms with E-state index in [1.165, 1.54) is 6.33 Å². The maximum Gasteiger partial charge on any atom is 0.244 e. The molecule has 0 bridgehead atoms. The van der Waals surface area contributed by atoms with Crippen molar-refractivity contribution >= 4 is 0 Å². The molecule has 0 fully saturated rings. The molecule has 0 spiro atoms. The van der Waals surface area contributed by atoms with E-state index in [9.17, 15) is 0 Å². The predicted octanol–water partition coefficient (Wildman–Crippen LogP) is -0.180. The van der Waals surface area contributed by atoms with Crippen molar-refractivity contribution in [3.8, 4) is 11.6 Å². The summed E-state index contributed by atoms with van der Waals surface area (Å²) < 4.78 is 5.09. The maximum atomic E-state index is 5.96. The highest BCUT2D eigenvalue weighted by molar-refractivity contribution is 5.39. The van der Waals surface area contributed by atoms with Gasteiger partial charge in [-0.15, -0.1) is 0 Å². The molecule has 1 atom stereocenters.